The van der Waals surface area contributed by atoms with Crippen molar-refractivity contribution in [1.82, 2.24) is 0 Å². The molecule has 3 aliphatic heterocycles. The second-order valence-corrected chi connectivity index (χ2v) is 14.1. The molecule has 0 unspecified atom stereocenters. The van der Waals surface area contributed by atoms with E-state index in [9.17, 15) is 24.0 Å². The third kappa shape index (κ3) is 5.29. The predicted octanol–water partition coefficient (Wildman–Crippen LogP) is 5.10. The molecule has 10 nitrogen and oxygen atoms in total. The van der Waals surface area contributed by atoms with Crippen LogP contribution < -0.4 is 4.90 Å². The molecule has 230 valence electrons. The number of aryl methyl sites for hydroxylation is 1. The van der Waals surface area contributed by atoms with Crippen LogP contribution in [0.4, 0.5) is 5.69 Å². The van der Waals surface area contributed by atoms with Gasteiger partial charge in [0.2, 0.25) is 5.91 Å². The molecule has 0 radical (unpaired) electrons. The highest BCUT2D eigenvalue weighted by molar-refractivity contribution is 8.26. The van der Waals surface area contributed by atoms with Crippen LogP contribution in [0.25, 0.3) is 5.57 Å². The zero-order valence-corrected chi connectivity index (χ0v) is 27.6. The maximum absolute atomic E-state index is 13.9. The van der Waals surface area contributed by atoms with Gasteiger partial charge in [0.15, 0.2) is 0 Å². The lowest BCUT2D eigenvalue weighted by Gasteiger charge is -2.51. The number of carbonyl (C=O) groups is 5. The van der Waals surface area contributed by atoms with Gasteiger partial charge in [0.1, 0.15) is 18.8 Å². The normalized spacial score (nSPS) is 18.3. The molecule has 0 saturated heterocycles. The van der Waals surface area contributed by atoms with Gasteiger partial charge in [0.25, 0.3) is 0 Å². The van der Waals surface area contributed by atoms with Crippen molar-refractivity contribution in [3.8, 4) is 0 Å². The van der Waals surface area contributed by atoms with Gasteiger partial charge in [-0.3, -0.25) is 4.79 Å². The van der Waals surface area contributed by atoms with Crippen molar-refractivity contribution in [3.05, 3.63) is 54.5 Å². The van der Waals surface area contributed by atoms with E-state index in [1.54, 1.807) is 4.90 Å². The molecule has 0 fully saturated rings. The number of esters is 4. The fourth-order valence-corrected chi connectivity index (χ4v) is 10.4. The summed E-state index contributed by atoms with van der Waals surface area (Å²) in [5.41, 5.74) is 1.55. The van der Waals surface area contributed by atoms with Gasteiger partial charge < -0.3 is 23.8 Å². The second kappa shape index (κ2) is 12.4. The van der Waals surface area contributed by atoms with Crippen molar-refractivity contribution in [2.75, 3.05) is 33.3 Å². The molecule has 0 bridgehead atoms. The average Bonchev–Trinajstić information content (AvgIpc) is 3.38. The lowest BCUT2D eigenvalue weighted by atomic mass is 9.82. The number of ether oxygens (including phenoxy) is 4. The Kier molecular flexibility index (Phi) is 9.48. The molecule has 0 N–H and O–H groups in total. The number of fused-ring (bicyclic) bond motifs is 3. The molecular weight excluding hydrogens is 615 g/mol. The maximum Gasteiger partial charge on any atom is 0.345 e. The molecule has 1 spiro atoms. The standard InChI is InChI=1S/C30H33NO9S3/c1-9-10-11-18(32)31-17-14-15(2)12-13-16(17)19-24(29(31,3)4)41-21(26(34)38-6)20(25(33)37-5)30(19)42-22(27(35)39-7)23(43-30)28(36)40-8/h12-14H,9-11H2,1-8H3. The molecule has 13 heteroatoms. The van der Waals surface area contributed by atoms with Crippen LogP contribution in [0.3, 0.4) is 0 Å². The first-order valence-corrected chi connectivity index (χ1v) is 15.9. The van der Waals surface area contributed by atoms with Crippen molar-refractivity contribution in [2.45, 2.75) is 56.6 Å². The van der Waals surface area contributed by atoms with Crippen molar-refractivity contribution < 1.29 is 42.9 Å². The summed E-state index contributed by atoms with van der Waals surface area (Å²) in [7, 11) is 4.74. The number of unbranched alkanes of at least 4 members (excludes halogenated alkanes) is 1. The lowest BCUT2D eigenvalue weighted by molar-refractivity contribution is -0.138. The smallest absolute Gasteiger partial charge is 0.345 e. The summed E-state index contributed by atoms with van der Waals surface area (Å²) in [6, 6.07) is 5.64. The Labute approximate surface area is 262 Å². The molecule has 4 rings (SSSR count). The number of anilines is 1. The number of hydrogen-bond acceptors (Lipinski definition) is 12. The van der Waals surface area contributed by atoms with E-state index >= 15 is 0 Å². The van der Waals surface area contributed by atoms with Gasteiger partial charge in [-0.05, 0) is 38.8 Å². The van der Waals surface area contributed by atoms with E-state index in [4.69, 9.17) is 18.9 Å². The number of methoxy groups -OCH3 is 4. The Morgan fingerprint density at radius 3 is 1.86 bits per heavy atom. The summed E-state index contributed by atoms with van der Waals surface area (Å²) >= 11 is 2.84. The monoisotopic (exact) mass is 647 g/mol. The Morgan fingerprint density at radius 2 is 1.35 bits per heavy atom. The first-order valence-electron chi connectivity index (χ1n) is 13.4. The molecule has 0 saturated carbocycles. The minimum atomic E-state index is -1.59. The molecule has 0 aliphatic carbocycles. The van der Waals surface area contributed by atoms with Crippen LogP contribution in [0.5, 0.6) is 0 Å². The Hall–Kier alpha value is -3.16. The number of nitrogens with zero attached hydrogens (tertiary/aromatic N) is 1. The highest BCUT2D eigenvalue weighted by atomic mass is 32.2. The van der Waals surface area contributed by atoms with E-state index < -0.39 is 33.5 Å². The van der Waals surface area contributed by atoms with Crippen LogP contribution in [0.2, 0.25) is 0 Å². The highest BCUT2D eigenvalue weighted by Crippen LogP contribution is 2.71. The number of carbonyl (C=O) groups excluding carboxylic acids is 5. The van der Waals surface area contributed by atoms with Gasteiger partial charge in [-0.25, -0.2) is 19.2 Å². The minimum Gasteiger partial charge on any atom is -0.466 e. The van der Waals surface area contributed by atoms with Gasteiger partial charge in [0.05, 0.1) is 45.2 Å². The van der Waals surface area contributed by atoms with Crippen molar-refractivity contribution in [2.24, 2.45) is 0 Å². The number of benzene rings is 1. The molecule has 43 heavy (non-hydrogen) atoms. The molecule has 0 atom stereocenters. The molecule has 1 aromatic rings. The molecule has 1 amide bonds. The summed E-state index contributed by atoms with van der Waals surface area (Å²) < 4.78 is 18.8. The summed E-state index contributed by atoms with van der Waals surface area (Å²) in [6.45, 7) is 7.67. The number of hydrogen-bond donors (Lipinski definition) is 0. The van der Waals surface area contributed by atoms with Crippen LogP contribution in [-0.4, -0.2) is 67.8 Å². The largest absolute Gasteiger partial charge is 0.466 e. The van der Waals surface area contributed by atoms with E-state index in [1.165, 1.54) is 28.4 Å². The van der Waals surface area contributed by atoms with Crippen LogP contribution in [0.15, 0.2) is 43.4 Å². The fraction of sp³-hybridized carbons (Fsp3) is 0.433. The summed E-state index contributed by atoms with van der Waals surface area (Å²) in [5, 5.41) is 0. The van der Waals surface area contributed by atoms with Crippen molar-refractivity contribution in [1.29, 1.82) is 0 Å². The van der Waals surface area contributed by atoms with Gasteiger partial charge >= 0.3 is 23.9 Å². The molecule has 3 heterocycles. The van der Waals surface area contributed by atoms with Gasteiger partial charge in [-0.1, -0.05) is 60.8 Å². The molecule has 1 aromatic carbocycles. The summed E-state index contributed by atoms with van der Waals surface area (Å²) in [6.07, 6.45) is 1.83. The van der Waals surface area contributed by atoms with Crippen LogP contribution in [0, 0.1) is 6.92 Å². The highest BCUT2D eigenvalue weighted by Gasteiger charge is 2.61. The van der Waals surface area contributed by atoms with E-state index in [1.807, 2.05) is 45.9 Å². The molecule has 0 aromatic heterocycles. The summed E-state index contributed by atoms with van der Waals surface area (Å²) in [4.78, 5) is 69.2. The number of thioether (sulfide) groups is 3. The van der Waals surface area contributed by atoms with Gasteiger partial charge in [-0.2, -0.15) is 0 Å². The Bertz CT molecular complexity index is 1490. The SMILES string of the molecule is CCCCC(=O)N1c2cc(C)ccc2C2=C(SC(C(=O)OC)=C(C(=O)OC)C23SC(C(=O)OC)=C(C(=O)OC)S3)C1(C)C. The quantitative estimate of drug-likeness (QED) is 0.289. The average molecular weight is 648 g/mol. The first kappa shape index (κ1) is 32.7. The van der Waals surface area contributed by atoms with E-state index in [2.05, 4.69) is 0 Å². The third-order valence-electron chi connectivity index (χ3n) is 7.29. The molecular formula is C30H33NO9S3. The zero-order valence-electron chi connectivity index (χ0n) is 25.2. The predicted molar refractivity (Wildman–Crippen MR) is 167 cm³/mol. The van der Waals surface area contributed by atoms with Gasteiger partial charge in [0, 0.05) is 22.5 Å². The van der Waals surface area contributed by atoms with Crippen LogP contribution >= 0.6 is 35.3 Å². The Balaban J connectivity index is 2.14. The first-order chi connectivity index (χ1) is 20.3. The Morgan fingerprint density at radius 1 is 0.814 bits per heavy atom. The topological polar surface area (TPSA) is 126 Å². The van der Waals surface area contributed by atoms with Crippen molar-refractivity contribution >= 4 is 76.3 Å². The van der Waals surface area contributed by atoms with Crippen molar-refractivity contribution in [3.63, 3.8) is 0 Å². The lowest BCUT2D eigenvalue weighted by Crippen LogP contribution is -2.53. The second-order valence-electron chi connectivity index (χ2n) is 10.4. The van der Waals surface area contributed by atoms with Gasteiger partial charge in [-0.15, -0.1) is 0 Å². The van der Waals surface area contributed by atoms with E-state index in [0.717, 1.165) is 47.3 Å². The van der Waals surface area contributed by atoms with E-state index in [0.29, 0.717) is 34.6 Å². The maximum atomic E-state index is 13.9. The van der Waals surface area contributed by atoms with Crippen LogP contribution in [0.1, 0.15) is 51.2 Å². The minimum absolute atomic E-state index is 0.0759. The number of rotatable bonds is 7. The fourth-order valence-electron chi connectivity index (χ4n) is 5.31. The third-order valence-corrected chi connectivity index (χ3v) is 11.9. The number of amides is 1. The molecule has 3 aliphatic rings. The zero-order chi connectivity index (χ0) is 31.9. The summed E-state index contributed by atoms with van der Waals surface area (Å²) in [5.74, 6) is -3.37. The van der Waals surface area contributed by atoms with E-state index in [-0.39, 0.29) is 26.2 Å². The van der Waals surface area contributed by atoms with Crippen LogP contribution in [-0.2, 0) is 42.9 Å².